The van der Waals surface area contributed by atoms with Crippen LogP contribution in [0.5, 0.6) is 5.75 Å². The highest BCUT2D eigenvalue weighted by Crippen LogP contribution is 2.38. The summed E-state index contributed by atoms with van der Waals surface area (Å²) in [5.74, 6) is -0.308. The van der Waals surface area contributed by atoms with Crippen LogP contribution < -0.4 is 4.74 Å². The van der Waals surface area contributed by atoms with Crippen molar-refractivity contribution in [2.24, 2.45) is 11.3 Å². The van der Waals surface area contributed by atoms with E-state index in [1.807, 2.05) is 13.8 Å². The number of amides is 1. The highest BCUT2D eigenvalue weighted by atomic mass is 16.5. The van der Waals surface area contributed by atoms with E-state index in [1.54, 1.807) is 35.2 Å². The lowest BCUT2D eigenvalue weighted by molar-refractivity contribution is -0.150. The number of carboxylic acid groups (broad SMARTS) is 1. The molecule has 1 aliphatic rings. The Morgan fingerprint density at radius 3 is 2.52 bits per heavy atom. The summed E-state index contributed by atoms with van der Waals surface area (Å²) in [6, 6.07) is 6.88. The number of carbonyl (C=O) groups excluding carboxylic acids is 1. The van der Waals surface area contributed by atoms with Crippen molar-refractivity contribution >= 4 is 11.9 Å². The van der Waals surface area contributed by atoms with Gasteiger partial charge in [-0.3, -0.25) is 9.59 Å². The second-order valence-electron chi connectivity index (χ2n) is 6.22. The predicted molar refractivity (Wildman–Crippen MR) is 87.6 cm³/mol. The molecule has 1 atom stereocenters. The fraction of sp³-hybridized carbons (Fsp3) is 0.444. The first-order chi connectivity index (χ1) is 10.9. The van der Waals surface area contributed by atoms with Crippen LogP contribution in [0.3, 0.4) is 0 Å². The summed E-state index contributed by atoms with van der Waals surface area (Å²) >= 11 is 0. The number of hydrogen-bond acceptors (Lipinski definition) is 3. The Morgan fingerprint density at radius 2 is 2.04 bits per heavy atom. The number of hydrogen-bond donors (Lipinski definition) is 1. The zero-order chi connectivity index (χ0) is 17.0. The molecule has 1 unspecified atom stereocenters. The van der Waals surface area contributed by atoms with Crippen LogP contribution in [0, 0.1) is 11.3 Å². The zero-order valence-electron chi connectivity index (χ0n) is 13.6. The molecule has 1 aromatic rings. The summed E-state index contributed by atoms with van der Waals surface area (Å²) in [6.45, 7) is 8.51. The van der Waals surface area contributed by atoms with Crippen molar-refractivity contribution in [3.05, 3.63) is 42.5 Å². The fourth-order valence-electron chi connectivity index (χ4n) is 2.93. The number of nitrogens with zero attached hydrogens (tertiary/aromatic N) is 1. The normalized spacial score (nSPS) is 20.6. The van der Waals surface area contributed by atoms with E-state index in [0.29, 0.717) is 30.9 Å². The first-order valence-electron chi connectivity index (χ1n) is 7.77. The molecule has 0 aromatic heterocycles. The van der Waals surface area contributed by atoms with Gasteiger partial charge in [0.1, 0.15) is 12.4 Å². The van der Waals surface area contributed by atoms with Gasteiger partial charge in [-0.2, -0.15) is 0 Å². The molecular formula is C18H23NO4. The standard InChI is InChI=1S/C18H23NO4/c1-4-11-23-15-7-5-14(6-8-15)16(20)19-10-9-18(12-19,13(2)3)17(21)22/h4-8,13H,1,9-12H2,2-3H3,(H,21,22). The molecule has 1 N–H and O–H groups in total. The second-order valence-corrected chi connectivity index (χ2v) is 6.22. The number of rotatable bonds is 6. The Bertz CT molecular complexity index is 594. The van der Waals surface area contributed by atoms with Gasteiger partial charge in [-0.15, -0.1) is 0 Å². The third-order valence-electron chi connectivity index (χ3n) is 4.59. The number of likely N-dealkylation sites (tertiary alicyclic amines) is 1. The Kier molecular flexibility index (Phi) is 5.08. The molecule has 0 radical (unpaired) electrons. The van der Waals surface area contributed by atoms with Crippen LogP contribution >= 0.6 is 0 Å². The minimum absolute atomic E-state index is 0.0209. The zero-order valence-corrected chi connectivity index (χ0v) is 13.6. The summed E-state index contributed by atoms with van der Waals surface area (Å²) in [4.78, 5) is 25.9. The van der Waals surface area contributed by atoms with Gasteiger partial charge in [-0.25, -0.2) is 0 Å². The quantitative estimate of drug-likeness (QED) is 0.819. The molecule has 1 saturated heterocycles. The molecule has 1 heterocycles. The van der Waals surface area contributed by atoms with E-state index < -0.39 is 11.4 Å². The highest BCUT2D eigenvalue weighted by molar-refractivity contribution is 5.95. The Balaban J connectivity index is 2.09. The van der Waals surface area contributed by atoms with Gasteiger partial charge in [-0.05, 0) is 36.6 Å². The lowest BCUT2D eigenvalue weighted by Crippen LogP contribution is -2.40. The van der Waals surface area contributed by atoms with Crippen molar-refractivity contribution < 1.29 is 19.4 Å². The summed E-state index contributed by atoms with van der Waals surface area (Å²) < 4.78 is 5.39. The molecule has 5 heteroatoms. The number of ether oxygens (including phenoxy) is 1. The van der Waals surface area contributed by atoms with Gasteiger partial charge in [-0.1, -0.05) is 26.5 Å². The lowest BCUT2D eigenvalue weighted by atomic mass is 9.76. The van der Waals surface area contributed by atoms with Crippen LogP contribution in [-0.2, 0) is 4.79 Å². The SMILES string of the molecule is C=CCOc1ccc(C(=O)N2CCC(C(=O)O)(C(C)C)C2)cc1. The van der Waals surface area contributed by atoms with Crippen molar-refractivity contribution in [3.8, 4) is 5.75 Å². The molecule has 2 rings (SSSR count). The van der Waals surface area contributed by atoms with Crippen molar-refractivity contribution in [1.82, 2.24) is 4.90 Å². The van der Waals surface area contributed by atoms with Crippen molar-refractivity contribution in [2.45, 2.75) is 20.3 Å². The van der Waals surface area contributed by atoms with Gasteiger partial charge in [0.05, 0.1) is 5.41 Å². The van der Waals surface area contributed by atoms with Crippen LogP contribution in [0.4, 0.5) is 0 Å². The number of carbonyl (C=O) groups is 2. The van der Waals surface area contributed by atoms with E-state index in [1.165, 1.54) is 0 Å². The van der Waals surface area contributed by atoms with Gasteiger partial charge in [0, 0.05) is 18.7 Å². The molecular weight excluding hydrogens is 294 g/mol. The van der Waals surface area contributed by atoms with E-state index in [0.717, 1.165) is 0 Å². The average Bonchev–Trinajstić information content (AvgIpc) is 2.99. The smallest absolute Gasteiger partial charge is 0.311 e. The van der Waals surface area contributed by atoms with E-state index >= 15 is 0 Å². The van der Waals surface area contributed by atoms with Crippen LogP contribution in [0.1, 0.15) is 30.6 Å². The second kappa shape index (κ2) is 6.86. The van der Waals surface area contributed by atoms with Gasteiger partial charge < -0.3 is 14.7 Å². The monoisotopic (exact) mass is 317 g/mol. The lowest BCUT2D eigenvalue weighted by Gasteiger charge is -2.28. The largest absolute Gasteiger partial charge is 0.490 e. The highest BCUT2D eigenvalue weighted by Gasteiger charge is 2.48. The van der Waals surface area contributed by atoms with E-state index in [-0.39, 0.29) is 18.4 Å². The van der Waals surface area contributed by atoms with Gasteiger partial charge >= 0.3 is 5.97 Å². The maximum atomic E-state index is 12.6. The fourth-order valence-corrected chi connectivity index (χ4v) is 2.93. The van der Waals surface area contributed by atoms with E-state index in [2.05, 4.69) is 6.58 Å². The van der Waals surface area contributed by atoms with Gasteiger partial charge in [0.2, 0.25) is 0 Å². The van der Waals surface area contributed by atoms with Crippen LogP contribution in [-0.4, -0.2) is 41.6 Å². The van der Waals surface area contributed by atoms with Crippen LogP contribution in [0.2, 0.25) is 0 Å². The van der Waals surface area contributed by atoms with Crippen molar-refractivity contribution in [3.63, 3.8) is 0 Å². The molecule has 0 saturated carbocycles. The minimum atomic E-state index is -0.845. The van der Waals surface area contributed by atoms with Crippen LogP contribution in [0.25, 0.3) is 0 Å². The summed E-state index contributed by atoms with van der Waals surface area (Å²) in [5, 5.41) is 9.56. The summed E-state index contributed by atoms with van der Waals surface area (Å²) in [7, 11) is 0. The van der Waals surface area contributed by atoms with Crippen molar-refractivity contribution in [2.75, 3.05) is 19.7 Å². The third-order valence-corrected chi connectivity index (χ3v) is 4.59. The molecule has 0 bridgehead atoms. The summed E-state index contributed by atoms with van der Waals surface area (Å²) in [5.41, 5.74) is -0.302. The molecule has 5 nitrogen and oxygen atoms in total. The predicted octanol–water partition coefficient (Wildman–Crippen LogP) is 2.82. The summed E-state index contributed by atoms with van der Waals surface area (Å²) in [6.07, 6.45) is 2.15. The Labute approximate surface area is 136 Å². The molecule has 1 aromatic carbocycles. The molecule has 0 spiro atoms. The molecule has 124 valence electrons. The van der Waals surface area contributed by atoms with E-state index in [9.17, 15) is 14.7 Å². The van der Waals surface area contributed by atoms with Crippen molar-refractivity contribution in [1.29, 1.82) is 0 Å². The maximum Gasteiger partial charge on any atom is 0.311 e. The maximum absolute atomic E-state index is 12.6. The third kappa shape index (κ3) is 3.38. The molecule has 1 aliphatic heterocycles. The molecule has 1 amide bonds. The van der Waals surface area contributed by atoms with Gasteiger partial charge in [0.25, 0.3) is 5.91 Å². The van der Waals surface area contributed by atoms with E-state index in [4.69, 9.17) is 4.74 Å². The Morgan fingerprint density at radius 1 is 1.39 bits per heavy atom. The first kappa shape index (κ1) is 17.1. The average molecular weight is 317 g/mol. The number of carboxylic acids is 1. The molecule has 23 heavy (non-hydrogen) atoms. The molecule has 0 aliphatic carbocycles. The Hall–Kier alpha value is -2.30. The minimum Gasteiger partial charge on any atom is -0.490 e. The first-order valence-corrected chi connectivity index (χ1v) is 7.77. The van der Waals surface area contributed by atoms with Gasteiger partial charge in [0.15, 0.2) is 0 Å². The number of benzene rings is 1. The molecule has 1 fully saturated rings. The van der Waals surface area contributed by atoms with Crippen LogP contribution in [0.15, 0.2) is 36.9 Å². The number of aliphatic carboxylic acids is 1. The topological polar surface area (TPSA) is 66.8 Å².